The highest BCUT2D eigenvalue weighted by Gasteiger charge is 2.47. The summed E-state index contributed by atoms with van der Waals surface area (Å²) in [6.07, 6.45) is -2.46. The molecule has 0 unspecified atom stereocenters. The summed E-state index contributed by atoms with van der Waals surface area (Å²) in [7, 11) is 3.01. The van der Waals surface area contributed by atoms with Gasteiger partial charge in [0, 0.05) is 33.4 Å². The number of hydrogen-bond donors (Lipinski definition) is 2. The quantitative estimate of drug-likeness (QED) is 0.531. The lowest BCUT2D eigenvalue weighted by atomic mass is 9.76. The zero-order valence-electron chi connectivity index (χ0n) is 21.1. The van der Waals surface area contributed by atoms with Crippen molar-refractivity contribution in [2.24, 2.45) is 0 Å². The minimum atomic E-state index is -2.79. The lowest BCUT2D eigenvalue weighted by molar-refractivity contribution is -0.137. The molecule has 2 N–H and O–H groups in total. The molecule has 2 aliphatic rings. The highest BCUT2D eigenvalue weighted by Crippen LogP contribution is 2.49. The maximum Gasteiger partial charge on any atom is 0.317 e. The van der Waals surface area contributed by atoms with Gasteiger partial charge in [-0.2, -0.15) is 0 Å². The molecule has 11 heteroatoms. The molecule has 2 aromatic carbocycles. The van der Waals surface area contributed by atoms with Crippen LogP contribution in [0.4, 0.5) is 22.4 Å². The first-order valence-corrected chi connectivity index (χ1v) is 12.4. The molecule has 1 saturated carbocycles. The number of urea groups is 1. The Morgan fingerprint density at radius 3 is 2.37 bits per heavy atom. The van der Waals surface area contributed by atoms with E-state index in [0.717, 1.165) is 4.90 Å². The van der Waals surface area contributed by atoms with Crippen molar-refractivity contribution >= 4 is 17.8 Å². The lowest BCUT2D eigenvalue weighted by Crippen LogP contribution is -2.50. The second-order valence-corrected chi connectivity index (χ2v) is 10.0. The van der Waals surface area contributed by atoms with Gasteiger partial charge in [-0.3, -0.25) is 9.59 Å². The van der Waals surface area contributed by atoms with Crippen molar-refractivity contribution in [2.45, 2.75) is 49.4 Å². The van der Waals surface area contributed by atoms with Gasteiger partial charge in [-0.15, -0.1) is 0 Å². The summed E-state index contributed by atoms with van der Waals surface area (Å²) in [5.41, 5.74) is 1.20. The number of hydrogen-bond acceptors (Lipinski definition) is 3. The fourth-order valence-corrected chi connectivity index (χ4v) is 4.90. The third-order valence-corrected chi connectivity index (χ3v) is 6.98. The van der Waals surface area contributed by atoms with Crippen LogP contribution in [0.15, 0.2) is 48.5 Å². The van der Waals surface area contributed by atoms with Crippen LogP contribution in [0.1, 0.15) is 47.9 Å². The molecule has 38 heavy (non-hydrogen) atoms. The predicted molar refractivity (Wildman–Crippen MR) is 132 cm³/mol. The number of carbonyl (C=O) groups excluding carboxylic acids is 3. The summed E-state index contributed by atoms with van der Waals surface area (Å²) in [6.45, 7) is -0.692. The average Bonchev–Trinajstić information content (AvgIpc) is 3.26. The van der Waals surface area contributed by atoms with Crippen LogP contribution in [-0.4, -0.2) is 73.0 Å². The van der Waals surface area contributed by atoms with E-state index in [9.17, 15) is 27.6 Å². The number of carbonyl (C=O) groups is 3. The second kappa shape index (κ2) is 11.0. The van der Waals surface area contributed by atoms with E-state index in [2.05, 4.69) is 10.6 Å². The zero-order valence-corrected chi connectivity index (χ0v) is 21.1. The van der Waals surface area contributed by atoms with E-state index in [-0.39, 0.29) is 18.5 Å². The van der Waals surface area contributed by atoms with Crippen molar-refractivity contribution in [2.75, 3.05) is 27.2 Å². The number of nitrogens with one attached hydrogen (secondary N) is 2. The van der Waals surface area contributed by atoms with Crippen molar-refractivity contribution in [1.82, 2.24) is 20.4 Å². The van der Waals surface area contributed by atoms with Crippen molar-refractivity contribution in [3.63, 3.8) is 0 Å². The Labute approximate surface area is 218 Å². The molecule has 1 aliphatic heterocycles. The molecule has 0 spiro atoms. The standard InChI is InChI=1S/C27H30F4N4O3/c1-34(2)26(38)32-14-23(36)35-15-19(28)11-22(35)25(37)33-24(16-6-4-3-5-7-16)17-8-9-20(21(29)10-17)18-12-27(30,31)13-18/h3-10,18-19,22,24H,11-15H2,1-2H3,(H,32,38)(H,33,37)/t19-,22+,24-/m1/s1. The van der Waals surface area contributed by atoms with E-state index in [1.54, 1.807) is 36.4 Å². The van der Waals surface area contributed by atoms with Gasteiger partial charge in [0.25, 0.3) is 0 Å². The molecule has 2 fully saturated rings. The number of alkyl halides is 3. The third-order valence-electron chi connectivity index (χ3n) is 6.98. The van der Waals surface area contributed by atoms with Gasteiger partial charge in [0.2, 0.25) is 17.7 Å². The number of amides is 4. The summed E-state index contributed by atoms with van der Waals surface area (Å²) in [5, 5.41) is 5.23. The molecule has 0 radical (unpaired) electrons. The van der Waals surface area contributed by atoms with E-state index in [1.807, 2.05) is 0 Å². The molecular formula is C27H30F4N4O3. The first-order chi connectivity index (χ1) is 17.9. The molecule has 4 amide bonds. The first-order valence-electron chi connectivity index (χ1n) is 12.4. The van der Waals surface area contributed by atoms with Crippen LogP contribution in [-0.2, 0) is 9.59 Å². The molecule has 7 nitrogen and oxygen atoms in total. The summed E-state index contributed by atoms with van der Waals surface area (Å²) in [6, 6.07) is 10.5. The minimum Gasteiger partial charge on any atom is -0.343 e. The maximum absolute atomic E-state index is 15.0. The highest BCUT2D eigenvalue weighted by atomic mass is 19.3. The Morgan fingerprint density at radius 2 is 1.76 bits per heavy atom. The summed E-state index contributed by atoms with van der Waals surface area (Å²) in [4.78, 5) is 40.2. The number of nitrogens with zero attached hydrogens (tertiary/aromatic N) is 2. The Hall–Kier alpha value is -3.63. The Balaban J connectivity index is 1.53. The number of benzene rings is 2. The van der Waals surface area contributed by atoms with E-state index < -0.39 is 73.1 Å². The normalized spacial score (nSPS) is 21.4. The first kappa shape index (κ1) is 27.4. The van der Waals surface area contributed by atoms with Crippen molar-refractivity contribution in [3.05, 3.63) is 71.0 Å². The molecule has 2 aromatic rings. The van der Waals surface area contributed by atoms with E-state index in [1.165, 1.54) is 31.1 Å². The Kier molecular flexibility index (Phi) is 7.94. The van der Waals surface area contributed by atoms with Crippen LogP contribution in [0.3, 0.4) is 0 Å². The SMILES string of the molecule is CN(C)C(=O)NCC(=O)N1C[C@H](F)C[C@H]1C(=O)N[C@H](c1ccccc1)c1ccc(C2CC(F)(F)C2)c(F)c1. The van der Waals surface area contributed by atoms with E-state index in [0.29, 0.717) is 11.1 Å². The van der Waals surface area contributed by atoms with Crippen LogP contribution in [0, 0.1) is 5.82 Å². The van der Waals surface area contributed by atoms with Gasteiger partial charge in [0.15, 0.2) is 0 Å². The molecule has 0 aromatic heterocycles. The molecule has 3 atom stereocenters. The average molecular weight is 535 g/mol. The minimum absolute atomic E-state index is 0.199. The number of halogens is 4. The Bertz CT molecular complexity index is 1190. The largest absolute Gasteiger partial charge is 0.343 e. The van der Waals surface area contributed by atoms with Gasteiger partial charge in [0.05, 0.1) is 19.1 Å². The number of likely N-dealkylation sites (tertiary alicyclic amines) is 1. The van der Waals surface area contributed by atoms with Crippen molar-refractivity contribution < 1.29 is 31.9 Å². The van der Waals surface area contributed by atoms with Crippen LogP contribution in [0.25, 0.3) is 0 Å². The molecule has 204 valence electrons. The maximum atomic E-state index is 15.0. The van der Waals surface area contributed by atoms with E-state index >= 15 is 4.39 Å². The summed E-state index contributed by atoms with van der Waals surface area (Å²) >= 11 is 0. The smallest absolute Gasteiger partial charge is 0.317 e. The third kappa shape index (κ3) is 6.08. The van der Waals surface area contributed by atoms with Crippen molar-refractivity contribution in [3.8, 4) is 0 Å². The molecule has 1 heterocycles. The van der Waals surface area contributed by atoms with Gasteiger partial charge < -0.3 is 20.4 Å². The highest BCUT2D eigenvalue weighted by molar-refractivity contribution is 5.91. The lowest BCUT2D eigenvalue weighted by Gasteiger charge is -2.35. The molecule has 0 bridgehead atoms. The van der Waals surface area contributed by atoms with Gasteiger partial charge >= 0.3 is 6.03 Å². The topological polar surface area (TPSA) is 81.8 Å². The zero-order chi connectivity index (χ0) is 27.6. The fourth-order valence-electron chi connectivity index (χ4n) is 4.90. The summed E-state index contributed by atoms with van der Waals surface area (Å²) in [5.74, 6) is -5.24. The van der Waals surface area contributed by atoms with Crippen LogP contribution in [0.2, 0.25) is 0 Å². The van der Waals surface area contributed by atoms with E-state index in [4.69, 9.17) is 0 Å². The van der Waals surface area contributed by atoms with Crippen LogP contribution < -0.4 is 10.6 Å². The molecule has 1 aliphatic carbocycles. The van der Waals surface area contributed by atoms with Crippen molar-refractivity contribution in [1.29, 1.82) is 0 Å². The number of rotatable bonds is 7. The molecular weight excluding hydrogens is 504 g/mol. The Morgan fingerprint density at radius 1 is 1.08 bits per heavy atom. The second-order valence-electron chi connectivity index (χ2n) is 10.0. The monoisotopic (exact) mass is 534 g/mol. The van der Waals surface area contributed by atoms with Crippen LogP contribution in [0.5, 0.6) is 0 Å². The fraction of sp³-hybridized carbons (Fsp3) is 0.444. The van der Waals surface area contributed by atoms with Gasteiger partial charge in [-0.05, 0) is 28.7 Å². The van der Waals surface area contributed by atoms with Gasteiger partial charge in [0.1, 0.15) is 18.0 Å². The molecule has 4 rings (SSSR count). The predicted octanol–water partition coefficient (Wildman–Crippen LogP) is 3.75. The summed E-state index contributed by atoms with van der Waals surface area (Å²) < 4.78 is 56.0. The van der Waals surface area contributed by atoms with Crippen LogP contribution >= 0.6 is 0 Å². The molecule has 1 saturated heterocycles. The van der Waals surface area contributed by atoms with Gasteiger partial charge in [-0.1, -0.05) is 42.5 Å². The van der Waals surface area contributed by atoms with Gasteiger partial charge in [-0.25, -0.2) is 22.4 Å².